The molecule has 25 heavy (non-hydrogen) atoms. The maximum Gasteiger partial charge on any atom is 0.256 e. The number of carbonyl (C=O) groups excluding carboxylic acids is 1. The van der Waals surface area contributed by atoms with Gasteiger partial charge >= 0.3 is 0 Å². The Hall–Kier alpha value is -2.18. The second kappa shape index (κ2) is 7.37. The number of carbonyl (C=O) groups is 1. The first-order chi connectivity index (χ1) is 12.0. The third-order valence-corrected chi connectivity index (χ3v) is 4.83. The summed E-state index contributed by atoms with van der Waals surface area (Å²) in [5.74, 6) is 0.618. The van der Waals surface area contributed by atoms with Gasteiger partial charge in [0.15, 0.2) is 6.10 Å². The molecule has 0 unspecified atom stereocenters. The van der Waals surface area contributed by atoms with Crippen LogP contribution >= 0.6 is 11.6 Å². The van der Waals surface area contributed by atoms with Crippen molar-refractivity contribution < 1.29 is 9.90 Å². The fourth-order valence-electron chi connectivity index (χ4n) is 2.98. The molecule has 7 heteroatoms. The minimum absolute atomic E-state index is 0.294. The topological polar surface area (TPSA) is 69.6 Å². The van der Waals surface area contributed by atoms with E-state index in [1.807, 2.05) is 13.8 Å². The van der Waals surface area contributed by atoms with Crippen molar-refractivity contribution in [1.29, 1.82) is 0 Å². The van der Waals surface area contributed by atoms with E-state index in [0.29, 0.717) is 36.8 Å². The van der Waals surface area contributed by atoms with E-state index in [-0.39, 0.29) is 5.91 Å². The number of aliphatic hydroxyl groups is 1. The summed E-state index contributed by atoms with van der Waals surface area (Å²) < 4.78 is 0. The SMILES string of the molecule is Cc1ncnc(N2CCN(C(=O)[C@H](O)c3cccc(Cl)c3)CC2)c1C. The molecule has 0 radical (unpaired) electrons. The number of aryl methyl sites for hydroxylation is 1. The minimum atomic E-state index is -1.19. The van der Waals surface area contributed by atoms with E-state index in [0.717, 1.165) is 17.1 Å². The van der Waals surface area contributed by atoms with Gasteiger partial charge in [-0.15, -0.1) is 0 Å². The molecule has 1 atom stereocenters. The van der Waals surface area contributed by atoms with Crippen LogP contribution in [-0.2, 0) is 4.79 Å². The van der Waals surface area contributed by atoms with E-state index in [2.05, 4.69) is 14.9 Å². The van der Waals surface area contributed by atoms with E-state index in [4.69, 9.17) is 11.6 Å². The molecule has 1 fully saturated rings. The Morgan fingerprint density at radius 2 is 1.92 bits per heavy atom. The maximum absolute atomic E-state index is 12.6. The Labute approximate surface area is 152 Å². The molecule has 0 spiro atoms. The Morgan fingerprint density at radius 1 is 1.20 bits per heavy atom. The van der Waals surface area contributed by atoms with Crippen molar-refractivity contribution in [3.8, 4) is 0 Å². The minimum Gasteiger partial charge on any atom is -0.378 e. The normalized spacial score (nSPS) is 16.0. The van der Waals surface area contributed by atoms with Crippen LogP contribution in [-0.4, -0.2) is 52.1 Å². The monoisotopic (exact) mass is 360 g/mol. The third kappa shape index (κ3) is 3.75. The molecule has 3 rings (SSSR count). The Kier molecular flexibility index (Phi) is 5.20. The van der Waals surface area contributed by atoms with Gasteiger partial charge in [0.05, 0.1) is 0 Å². The van der Waals surface area contributed by atoms with Gasteiger partial charge in [-0.3, -0.25) is 4.79 Å². The summed E-state index contributed by atoms with van der Waals surface area (Å²) in [4.78, 5) is 25.0. The summed E-state index contributed by atoms with van der Waals surface area (Å²) in [6.07, 6.45) is 0.381. The van der Waals surface area contributed by atoms with Crippen LogP contribution in [0.5, 0.6) is 0 Å². The summed E-state index contributed by atoms with van der Waals surface area (Å²) in [5.41, 5.74) is 2.53. The van der Waals surface area contributed by atoms with Crippen molar-refractivity contribution in [2.75, 3.05) is 31.1 Å². The van der Waals surface area contributed by atoms with Gasteiger partial charge in [0.2, 0.25) is 0 Å². The predicted octanol–water partition coefficient (Wildman–Crippen LogP) is 2.13. The second-order valence-corrected chi connectivity index (χ2v) is 6.61. The number of rotatable bonds is 3. The second-order valence-electron chi connectivity index (χ2n) is 6.18. The molecule has 1 aromatic heterocycles. The first-order valence-electron chi connectivity index (χ1n) is 8.23. The van der Waals surface area contributed by atoms with E-state index >= 15 is 0 Å². The Morgan fingerprint density at radius 3 is 2.60 bits per heavy atom. The summed E-state index contributed by atoms with van der Waals surface area (Å²) in [6, 6.07) is 6.77. The third-order valence-electron chi connectivity index (χ3n) is 4.60. The highest BCUT2D eigenvalue weighted by molar-refractivity contribution is 6.30. The molecule has 1 aromatic carbocycles. The predicted molar refractivity (Wildman–Crippen MR) is 96.7 cm³/mol. The number of hydrogen-bond acceptors (Lipinski definition) is 5. The van der Waals surface area contributed by atoms with E-state index in [9.17, 15) is 9.90 Å². The summed E-state index contributed by atoms with van der Waals surface area (Å²) in [7, 11) is 0. The molecule has 6 nitrogen and oxygen atoms in total. The molecule has 132 valence electrons. The number of nitrogens with zero attached hydrogens (tertiary/aromatic N) is 4. The van der Waals surface area contributed by atoms with Crippen molar-refractivity contribution in [2.24, 2.45) is 0 Å². The highest BCUT2D eigenvalue weighted by atomic mass is 35.5. The standard InChI is InChI=1S/C18H21ClN4O2/c1-12-13(2)20-11-21-17(12)22-6-8-23(9-7-22)18(25)16(24)14-4-3-5-15(19)10-14/h3-5,10-11,16,24H,6-9H2,1-2H3/t16-/m1/s1. The van der Waals surface area contributed by atoms with E-state index < -0.39 is 6.10 Å². The van der Waals surface area contributed by atoms with Crippen LogP contribution in [0.2, 0.25) is 5.02 Å². The van der Waals surface area contributed by atoms with Crippen molar-refractivity contribution in [2.45, 2.75) is 20.0 Å². The molecule has 0 saturated carbocycles. The Balaban J connectivity index is 1.65. The van der Waals surface area contributed by atoms with Gasteiger partial charge in [-0.2, -0.15) is 0 Å². The summed E-state index contributed by atoms with van der Waals surface area (Å²) in [5, 5.41) is 10.8. The molecule has 1 aliphatic heterocycles. The summed E-state index contributed by atoms with van der Waals surface area (Å²) in [6.45, 7) is 6.39. The maximum atomic E-state index is 12.6. The van der Waals surface area contributed by atoms with Gasteiger partial charge in [-0.1, -0.05) is 23.7 Å². The number of hydrogen-bond donors (Lipinski definition) is 1. The van der Waals surface area contributed by atoms with Gasteiger partial charge in [0.1, 0.15) is 12.1 Å². The number of anilines is 1. The van der Waals surface area contributed by atoms with Gasteiger partial charge < -0.3 is 14.9 Å². The summed E-state index contributed by atoms with van der Waals surface area (Å²) >= 11 is 5.94. The largest absolute Gasteiger partial charge is 0.378 e. The van der Waals surface area contributed by atoms with Crippen LogP contribution < -0.4 is 4.90 Å². The van der Waals surface area contributed by atoms with Crippen LogP contribution in [0.4, 0.5) is 5.82 Å². The average Bonchev–Trinajstić information content (AvgIpc) is 2.63. The van der Waals surface area contributed by atoms with Crippen LogP contribution in [0, 0.1) is 13.8 Å². The van der Waals surface area contributed by atoms with E-state index in [1.54, 1.807) is 35.5 Å². The van der Waals surface area contributed by atoms with Crippen molar-refractivity contribution >= 4 is 23.3 Å². The highest BCUT2D eigenvalue weighted by Gasteiger charge is 2.28. The van der Waals surface area contributed by atoms with Crippen molar-refractivity contribution in [1.82, 2.24) is 14.9 Å². The lowest BCUT2D eigenvalue weighted by Gasteiger charge is -2.36. The number of aromatic nitrogens is 2. The number of amides is 1. The fraction of sp³-hybridized carbons (Fsp3) is 0.389. The lowest BCUT2D eigenvalue weighted by atomic mass is 10.1. The highest BCUT2D eigenvalue weighted by Crippen LogP contribution is 2.23. The van der Waals surface area contributed by atoms with Crippen LogP contribution in [0.1, 0.15) is 22.9 Å². The molecule has 2 heterocycles. The molecule has 1 aliphatic rings. The average molecular weight is 361 g/mol. The van der Waals surface area contributed by atoms with Gasteiger partial charge in [-0.25, -0.2) is 9.97 Å². The first-order valence-corrected chi connectivity index (χ1v) is 8.60. The number of benzene rings is 1. The lowest BCUT2D eigenvalue weighted by molar-refractivity contribution is -0.140. The van der Waals surface area contributed by atoms with Gasteiger partial charge in [0.25, 0.3) is 5.91 Å². The number of aliphatic hydroxyl groups excluding tert-OH is 1. The van der Waals surface area contributed by atoms with Gasteiger partial charge in [-0.05, 0) is 31.5 Å². The zero-order chi connectivity index (χ0) is 18.0. The molecule has 0 bridgehead atoms. The molecule has 1 saturated heterocycles. The fourth-order valence-corrected chi connectivity index (χ4v) is 3.17. The smallest absolute Gasteiger partial charge is 0.256 e. The zero-order valence-electron chi connectivity index (χ0n) is 14.3. The number of piperazine rings is 1. The molecule has 1 amide bonds. The molecule has 1 N–H and O–H groups in total. The van der Waals surface area contributed by atoms with Crippen LogP contribution in [0.15, 0.2) is 30.6 Å². The van der Waals surface area contributed by atoms with Crippen molar-refractivity contribution in [3.05, 3.63) is 52.4 Å². The quantitative estimate of drug-likeness (QED) is 0.908. The van der Waals surface area contributed by atoms with Gasteiger partial charge in [0, 0.05) is 42.5 Å². The van der Waals surface area contributed by atoms with Crippen molar-refractivity contribution in [3.63, 3.8) is 0 Å². The molecular weight excluding hydrogens is 340 g/mol. The van der Waals surface area contributed by atoms with Crippen LogP contribution in [0.3, 0.4) is 0 Å². The molecule has 0 aliphatic carbocycles. The first kappa shape index (κ1) is 17.6. The number of halogens is 1. The van der Waals surface area contributed by atoms with E-state index in [1.165, 1.54) is 0 Å². The lowest BCUT2D eigenvalue weighted by Crippen LogP contribution is -2.50. The molecule has 2 aromatic rings. The molecular formula is C18H21ClN4O2. The Bertz CT molecular complexity index is 775. The zero-order valence-corrected chi connectivity index (χ0v) is 15.1. The van der Waals surface area contributed by atoms with Crippen LogP contribution in [0.25, 0.3) is 0 Å².